The van der Waals surface area contributed by atoms with Crippen LogP contribution in [0.5, 0.6) is 0 Å². The van der Waals surface area contributed by atoms with Crippen LogP contribution in [-0.2, 0) is 6.61 Å². The van der Waals surface area contributed by atoms with Crippen LogP contribution in [0.2, 0.25) is 0 Å². The molecule has 1 N–H and O–H groups in total. The third-order valence-electron chi connectivity index (χ3n) is 3.97. The van der Waals surface area contributed by atoms with Crippen molar-refractivity contribution in [3.63, 3.8) is 0 Å². The van der Waals surface area contributed by atoms with E-state index >= 15 is 0 Å². The van der Waals surface area contributed by atoms with E-state index in [1.807, 2.05) is 12.1 Å². The number of aromatic nitrogens is 1. The van der Waals surface area contributed by atoms with Crippen molar-refractivity contribution >= 4 is 5.82 Å². The standard InChI is InChI=1S/C16H26N2O/c1-4-5-13-6-7-18(10-13)16-9-14(11-19)8-15(17-16)12(2)3/h8-9,12-13,19H,4-7,10-11H2,1-3H3. The van der Waals surface area contributed by atoms with Gasteiger partial charge in [0.2, 0.25) is 0 Å². The molecule has 1 aliphatic rings. The first-order valence-corrected chi connectivity index (χ1v) is 7.50. The normalized spacial score (nSPS) is 19.4. The fraction of sp³-hybridized carbons (Fsp3) is 0.688. The number of rotatable bonds is 5. The molecular formula is C16H26N2O. The lowest BCUT2D eigenvalue weighted by molar-refractivity contribution is 0.281. The average Bonchev–Trinajstić information content (AvgIpc) is 2.87. The topological polar surface area (TPSA) is 36.4 Å². The van der Waals surface area contributed by atoms with Gasteiger partial charge in [0.1, 0.15) is 5.82 Å². The highest BCUT2D eigenvalue weighted by molar-refractivity contribution is 5.44. The monoisotopic (exact) mass is 262 g/mol. The number of nitrogens with zero attached hydrogens (tertiary/aromatic N) is 2. The highest BCUT2D eigenvalue weighted by Gasteiger charge is 2.23. The van der Waals surface area contributed by atoms with Crippen LogP contribution >= 0.6 is 0 Å². The third kappa shape index (κ3) is 3.47. The molecule has 1 aliphatic heterocycles. The van der Waals surface area contributed by atoms with Crippen molar-refractivity contribution in [3.8, 4) is 0 Å². The fourth-order valence-corrected chi connectivity index (χ4v) is 2.83. The number of aliphatic hydroxyl groups excluding tert-OH is 1. The van der Waals surface area contributed by atoms with Gasteiger partial charge in [-0.15, -0.1) is 0 Å². The lowest BCUT2D eigenvalue weighted by Crippen LogP contribution is -2.21. The molecule has 19 heavy (non-hydrogen) atoms. The predicted octanol–water partition coefficient (Wildman–Crippen LogP) is 3.32. The average molecular weight is 262 g/mol. The van der Waals surface area contributed by atoms with Crippen molar-refractivity contribution in [2.75, 3.05) is 18.0 Å². The Balaban J connectivity index is 2.17. The summed E-state index contributed by atoms with van der Waals surface area (Å²) in [5, 5.41) is 9.40. The van der Waals surface area contributed by atoms with Gasteiger partial charge in [0.15, 0.2) is 0 Å². The molecule has 0 aliphatic carbocycles. The number of aliphatic hydroxyl groups is 1. The second-order valence-corrected chi connectivity index (χ2v) is 5.96. The van der Waals surface area contributed by atoms with Crippen LogP contribution in [-0.4, -0.2) is 23.2 Å². The molecule has 0 spiro atoms. The molecule has 1 aromatic heterocycles. The lowest BCUT2D eigenvalue weighted by atomic mass is 10.0. The minimum absolute atomic E-state index is 0.0987. The van der Waals surface area contributed by atoms with E-state index in [2.05, 4.69) is 25.7 Å². The molecule has 2 heterocycles. The summed E-state index contributed by atoms with van der Waals surface area (Å²) in [6, 6.07) is 4.06. The van der Waals surface area contributed by atoms with Gasteiger partial charge in [-0.1, -0.05) is 27.2 Å². The van der Waals surface area contributed by atoms with E-state index in [-0.39, 0.29) is 6.61 Å². The Bertz CT molecular complexity index is 417. The van der Waals surface area contributed by atoms with Crippen LogP contribution in [0.4, 0.5) is 5.82 Å². The number of pyridine rings is 1. The van der Waals surface area contributed by atoms with Gasteiger partial charge in [0, 0.05) is 18.8 Å². The Morgan fingerprint density at radius 2 is 2.21 bits per heavy atom. The summed E-state index contributed by atoms with van der Waals surface area (Å²) in [5.74, 6) is 2.26. The van der Waals surface area contributed by atoms with E-state index in [1.165, 1.54) is 19.3 Å². The fourth-order valence-electron chi connectivity index (χ4n) is 2.83. The molecule has 1 atom stereocenters. The van der Waals surface area contributed by atoms with Gasteiger partial charge < -0.3 is 10.0 Å². The van der Waals surface area contributed by atoms with E-state index in [4.69, 9.17) is 4.98 Å². The number of anilines is 1. The van der Waals surface area contributed by atoms with Crippen molar-refractivity contribution in [1.29, 1.82) is 0 Å². The van der Waals surface area contributed by atoms with Gasteiger partial charge in [0.05, 0.1) is 6.61 Å². The van der Waals surface area contributed by atoms with Crippen LogP contribution in [0.25, 0.3) is 0 Å². The van der Waals surface area contributed by atoms with Crippen LogP contribution in [0.1, 0.15) is 57.2 Å². The molecule has 0 saturated carbocycles. The largest absolute Gasteiger partial charge is 0.392 e. The van der Waals surface area contributed by atoms with Gasteiger partial charge in [-0.2, -0.15) is 0 Å². The maximum absolute atomic E-state index is 9.40. The number of hydrogen-bond donors (Lipinski definition) is 1. The highest BCUT2D eigenvalue weighted by atomic mass is 16.3. The van der Waals surface area contributed by atoms with Gasteiger partial charge in [-0.3, -0.25) is 0 Å². The molecule has 2 rings (SSSR count). The first kappa shape index (κ1) is 14.3. The zero-order valence-corrected chi connectivity index (χ0v) is 12.4. The van der Waals surface area contributed by atoms with Gasteiger partial charge in [0.25, 0.3) is 0 Å². The highest BCUT2D eigenvalue weighted by Crippen LogP contribution is 2.27. The Morgan fingerprint density at radius 1 is 1.42 bits per heavy atom. The molecule has 106 valence electrons. The molecule has 0 aromatic carbocycles. The summed E-state index contributed by atoms with van der Waals surface area (Å²) in [7, 11) is 0. The SMILES string of the molecule is CCCC1CCN(c2cc(CO)cc(C(C)C)n2)C1. The summed E-state index contributed by atoms with van der Waals surface area (Å²) in [4.78, 5) is 7.15. The van der Waals surface area contributed by atoms with Gasteiger partial charge >= 0.3 is 0 Å². The smallest absolute Gasteiger partial charge is 0.129 e. The Kier molecular flexibility index (Phi) is 4.81. The summed E-state index contributed by atoms with van der Waals surface area (Å²) < 4.78 is 0. The van der Waals surface area contributed by atoms with Gasteiger partial charge in [-0.05, 0) is 42.4 Å². The predicted molar refractivity (Wildman–Crippen MR) is 79.5 cm³/mol. The van der Waals surface area contributed by atoms with Crippen molar-refractivity contribution in [2.45, 2.75) is 52.6 Å². The van der Waals surface area contributed by atoms with E-state index < -0.39 is 0 Å². The summed E-state index contributed by atoms with van der Waals surface area (Å²) in [6.07, 6.45) is 3.85. The molecule has 1 fully saturated rings. The van der Waals surface area contributed by atoms with E-state index in [9.17, 15) is 5.11 Å². The van der Waals surface area contributed by atoms with Gasteiger partial charge in [-0.25, -0.2) is 4.98 Å². The molecule has 0 amide bonds. The zero-order chi connectivity index (χ0) is 13.8. The minimum atomic E-state index is 0.0987. The summed E-state index contributed by atoms with van der Waals surface area (Å²) >= 11 is 0. The van der Waals surface area contributed by atoms with E-state index in [1.54, 1.807) is 0 Å². The molecule has 3 heteroatoms. The van der Waals surface area contributed by atoms with Crippen LogP contribution < -0.4 is 4.90 Å². The summed E-state index contributed by atoms with van der Waals surface area (Å²) in [5.41, 5.74) is 2.06. The Labute approximate surface area is 116 Å². The van der Waals surface area contributed by atoms with Crippen molar-refractivity contribution in [3.05, 3.63) is 23.4 Å². The van der Waals surface area contributed by atoms with Crippen molar-refractivity contribution in [2.24, 2.45) is 5.92 Å². The van der Waals surface area contributed by atoms with Crippen LogP contribution in [0.3, 0.4) is 0 Å². The molecule has 1 aromatic rings. The zero-order valence-electron chi connectivity index (χ0n) is 12.4. The maximum Gasteiger partial charge on any atom is 0.129 e. The second kappa shape index (κ2) is 6.38. The molecule has 3 nitrogen and oxygen atoms in total. The van der Waals surface area contributed by atoms with Crippen LogP contribution in [0.15, 0.2) is 12.1 Å². The summed E-state index contributed by atoms with van der Waals surface area (Å²) in [6.45, 7) is 8.87. The number of hydrogen-bond acceptors (Lipinski definition) is 3. The molecule has 1 unspecified atom stereocenters. The first-order chi connectivity index (χ1) is 9.13. The third-order valence-corrected chi connectivity index (χ3v) is 3.97. The van der Waals surface area contributed by atoms with Crippen molar-refractivity contribution in [1.82, 2.24) is 4.98 Å². The quantitative estimate of drug-likeness (QED) is 0.884. The van der Waals surface area contributed by atoms with E-state index in [0.29, 0.717) is 5.92 Å². The molecule has 1 saturated heterocycles. The second-order valence-electron chi connectivity index (χ2n) is 5.96. The minimum Gasteiger partial charge on any atom is -0.392 e. The van der Waals surface area contributed by atoms with E-state index in [0.717, 1.165) is 36.1 Å². The van der Waals surface area contributed by atoms with Crippen molar-refractivity contribution < 1.29 is 5.11 Å². The molecule has 0 bridgehead atoms. The first-order valence-electron chi connectivity index (χ1n) is 7.50. The Hall–Kier alpha value is -1.09. The lowest BCUT2D eigenvalue weighted by Gasteiger charge is -2.20. The Morgan fingerprint density at radius 3 is 2.84 bits per heavy atom. The molecule has 0 radical (unpaired) electrons. The maximum atomic E-state index is 9.40. The molecular weight excluding hydrogens is 236 g/mol. The van der Waals surface area contributed by atoms with Crippen LogP contribution in [0, 0.1) is 5.92 Å².